The van der Waals surface area contributed by atoms with Crippen LogP contribution in [0.5, 0.6) is 0 Å². The normalized spacial score (nSPS) is 17.4. The molecule has 1 unspecified atom stereocenters. The van der Waals surface area contributed by atoms with Crippen LogP contribution in [0.3, 0.4) is 0 Å². The molecule has 1 aromatic carbocycles. The number of benzene rings is 1. The minimum absolute atomic E-state index is 0.0459. The molecule has 1 saturated heterocycles. The van der Waals surface area contributed by atoms with Gasteiger partial charge in [0.05, 0.1) is 5.88 Å². The Hall–Kier alpha value is -1.95. The summed E-state index contributed by atoms with van der Waals surface area (Å²) in [5, 5.41) is 1.16. The lowest BCUT2D eigenvalue weighted by Crippen LogP contribution is -2.47. The van der Waals surface area contributed by atoms with Gasteiger partial charge >= 0.3 is 0 Å². The first kappa shape index (κ1) is 16.9. The number of hydrogen-bond donors (Lipinski definition) is 1. The summed E-state index contributed by atoms with van der Waals surface area (Å²) in [5.41, 5.74) is 2.25. The van der Waals surface area contributed by atoms with Crippen LogP contribution in [0, 0.1) is 0 Å². The SMILES string of the molecule is CCN(C)C(=O)C1CSCN1C(=O)CCc1ccc2[nH]ccc2c1. The van der Waals surface area contributed by atoms with Gasteiger partial charge in [-0.15, -0.1) is 11.8 Å². The van der Waals surface area contributed by atoms with E-state index in [2.05, 4.69) is 17.1 Å². The van der Waals surface area contributed by atoms with E-state index in [9.17, 15) is 9.59 Å². The Balaban J connectivity index is 1.62. The van der Waals surface area contributed by atoms with Gasteiger partial charge in [0.1, 0.15) is 6.04 Å². The molecule has 2 aromatic rings. The van der Waals surface area contributed by atoms with E-state index >= 15 is 0 Å². The molecular weight excluding hydrogens is 322 g/mol. The van der Waals surface area contributed by atoms with Crippen molar-refractivity contribution < 1.29 is 9.59 Å². The molecule has 1 atom stereocenters. The van der Waals surface area contributed by atoms with Gasteiger partial charge in [-0.3, -0.25) is 9.59 Å². The van der Waals surface area contributed by atoms with E-state index in [4.69, 9.17) is 0 Å². The third kappa shape index (κ3) is 3.43. The summed E-state index contributed by atoms with van der Waals surface area (Å²) in [5.74, 6) is 1.43. The zero-order chi connectivity index (χ0) is 17.1. The fourth-order valence-electron chi connectivity index (χ4n) is 2.96. The lowest BCUT2D eigenvalue weighted by molar-refractivity contribution is -0.142. The first-order chi connectivity index (χ1) is 11.6. The van der Waals surface area contributed by atoms with Crippen LogP contribution in [0.1, 0.15) is 18.9 Å². The highest BCUT2D eigenvalue weighted by Gasteiger charge is 2.35. The number of likely N-dealkylation sites (N-methyl/N-ethyl adjacent to an activating group) is 1. The summed E-state index contributed by atoms with van der Waals surface area (Å²) in [7, 11) is 1.79. The van der Waals surface area contributed by atoms with Crippen LogP contribution < -0.4 is 0 Å². The third-order valence-corrected chi connectivity index (χ3v) is 5.60. The van der Waals surface area contributed by atoms with E-state index < -0.39 is 0 Å². The minimum Gasteiger partial charge on any atom is -0.361 e. The molecule has 0 bridgehead atoms. The van der Waals surface area contributed by atoms with E-state index in [0.717, 1.165) is 16.5 Å². The molecule has 24 heavy (non-hydrogen) atoms. The van der Waals surface area contributed by atoms with Crippen molar-refractivity contribution in [2.75, 3.05) is 25.2 Å². The molecule has 2 heterocycles. The number of carbonyl (C=O) groups excluding carboxylic acids is 2. The molecule has 1 fully saturated rings. The predicted molar refractivity (Wildman–Crippen MR) is 97.9 cm³/mol. The van der Waals surface area contributed by atoms with Crippen LogP contribution in [-0.4, -0.2) is 57.9 Å². The van der Waals surface area contributed by atoms with Gasteiger partial charge in [-0.05, 0) is 42.5 Å². The van der Waals surface area contributed by atoms with Crippen LogP contribution in [0.2, 0.25) is 0 Å². The Morgan fingerprint density at radius 1 is 1.38 bits per heavy atom. The quantitative estimate of drug-likeness (QED) is 0.906. The second-order valence-electron chi connectivity index (χ2n) is 6.13. The number of nitrogens with one attached hydrogen (secondary N) is 1. The third-order valence-electron chi connectivity index (χ3n) is 4.58. The Morgan fingerprint density at radius 3 is 3.00 bits per heavy atom. The molecule has 3 rings (SSSR count). The zero-order valence-electron chi connectivity index (χ0n) is 14.1. The number of carbonyl (C=O) groups is 2. The number of nitrogens with zero attached hydrogens (tertiary/aromatic N) is 2. The topological polar surface area (TPSA) is 56.4 Å². The summed E-state index contributed by atoms with van der Waals surface area (Å²) in [6.07, 6.45) is 3.06. The Morgan fingerprint density at radius 2 is 2.21 bits per heavy atom. The van der Waals surface area contributed by atoms with Gasteiger partial charge in [0.15, 0.2) is 0 Å². The van der Waals surface area contributed by atoms with Gasteiger partial charge in [0.25, 0.3) is 0 Å². The second kappa shape index (κ2) is 7.30. The summed E-state index contributed by atoms with van der Waals surface area (Å²) in [4.78, 5) is 31.6. The van der Waals surface area contributed by atoms with Crippen molar-refractivity contribution in [3.8, 4) is 0 Å². The Bertz CT molecular complexity index is 743. The lowest BCUT2D eigenvalue weighted by Gasteiger charge is -2.26. The first-order valence-corrected chi connectivity index (χ1v) is 9.44. The molecule has 2 amide bonds. The largest absolute Gasteiger partial charge is 0.361 e. The highest BCUT2D eigenvalue weighted by Crippen LogP contribution is 2.24. The maximum Gasteiger partial charge on any atom is 0.245 e. The molecule has 0 radical (unpaired) electrons. The summed E-state index contributed by atoms with van der Waals surface area (Å²) >= 11 is 1.65. The number of fused-ring (bicyclic) bond motifs is 1. The number of H-pyrrole nitrogens is 1. The van der Waals surface area contributed by atoms with Crippen molar-refractivity contribution in [2.24, 2.45) is 0 Å². The smallest absolute Gasteiger partial charge is 0.245 e. The number of thioether (sulfide) groups is 1. The number of aromatic nitrogens is 1. The van der Waals surface area contributed by atoms with E-state index in [1.807, 2.05) is 25.3 Å². The minimum atomic E-state index is -0.306. The number of rotatable bonds is 5. The second-order valence-corrected chi connectivity index (χ2v) is 7.13. The molecular formula is C18H23N3O2S. The van der Waals surface area contributed by atoms with Gasteiger partial charge in [-0.2, -0.15) is 0 Å². The average molecular weight is 345 g/mol. The standard InChI is InChI=1S/C18H23N3O2S/c1-3-20(2)18(23)16-11-24-12-21(16)17(22)7-5-13-4-6-15-14(10-13)8-9-19-15/h4,6,8-10,16,19H,3,5,7,11-12H2,1-2H3. The van der Waals surface area contributed by atoms with Gasteiger partial charge in [-0.25, -0.2) is 0 Å². The lowest BCUT2D eigenvalue weighted by atomic mass is 10.1. The number of hydrogen-bond acceptors (Lipinski definition) is 3. The van der Waals surface area contributed by atoms with Crippen LogP contribution in [-0.2, 0) is 16.0 Å². The van der Waals surface area contributed by atoms with Crippen LogP contribution >= 0.6 is 11.8 Å². The summed E-state index contributed by atoms with van der Waals surface area (Å²) in [6.45, 7) is 2.61. The maximum absolute atomic E-state index is 12.6. The van der Waals surface area contributed by atoms with Gasteiger partial charge in [0, 0.05) is 37.5 Å². The van der Waals surface area contributed by atoms with E-state index in [0.29, 0.717) is 31.0 Å². The molecule has 1 N–H and O–H groups in total. The highest BCUT2D eigenvalue weighted by molar-refractivity contribution is 7.99. The van der Waals surface area contributed by atoms with Crippen molar-refractivity contribution >= 4 is 34.5 Å². The van der Waals surface area contributed by atoms with Crippen molar-refractivity contribution in [2.45, 2.75) is 25.8 Å². The fraction of sp³-hybridized carbons (Fsp3) is 0.444. The van der Waals surface area contributed by atoms with Gasteiger partial charge in [0.2, 0.25) is 11.8 Å². The summed E-state index contributed by atoms with van der Waals surface area (Å²) < 4.78 is 0. The van der Waals surface area contributed by atoms with Crippen LogP contribution in [0.25, 0.3) is 10.9 Å². The Labute approximate surface area is 146 Å². The van der Waals surface area contributed by atoms with Crippen molar-refractivity contribution in [1.82, 2.24) is 14.8 Å². The fourth-order valence-corrected chi connectivity index (χ4v) is 4.13. The Kier molecular flexibility index (Phi) is 5.14. The van der Waals surface area contributed by atoms with Crippen molar-refractivity contribution in [3.63, 3.8) is 0 Å². The monoisotopic (exact) mass is 345 g/mol. The molecule has 0 aliphatic carbocycles. The average Bonchev–Trinajstić information content (AvgIpc) is 3.26. The number of amides is 2. The first-order valence-electron chi connectivity index (χ1n) is 8.28. The van der Waals surface area contributed by atoms with E-state index in [1.54, 1.807) is 28.6 Å². The molecule has 5 nitrogen and oxygen atoms in total. The van der Waals surface area contributed by atoms with Crippen molar-refractivity contribution in [1.29, 1.82) is 0 Å². The molecule has 1 aliphatic heterocycles. The molecule has 128 valence electrons. The summed E-state index contributed by atoms with van der Waals surface area (Å²) in [6, 6.07) is 7.94. The van der Waals surface area contributed by atoms with E-state index in [-0.39, 0.29) is 17.9 Å². The predicted octanol–water partition coefficient (Wildman–Crippen LogP) is 2.48. The maximum atomic E-state index is 12.6. The van der Waals surface area contributed by atoms with E-state index in [1.165, 1.54) is 0 Å². The van der Waals surface area contributed by atoms with Crippen LogP contribution in [0.4, 0.5) is 0 Å². The van der Waals surface area contributed by atoms with Crippen LogP contribution in [0.15, 0.2) is 30.5 Å². The molecule has 1 aliphatic rings. The highest BCUT2D eigenvalue weighted by atomic mass is 32.2. The molecule has 6 heteroatoms. The van der Waals surface area contributed by atoms with Crippen molar-refractivity contribution in [3.05, 3.63) is 36.0 Å². The molecule has 0 spiro atoms. The number of aryl methyl sites for hydroxylation is 1. The number of aromatic amines is 1. The molecule has 1 aromatic heterocycles. The molecule has 0 saturated carbocycles. The zero-order valence-corrected chi connectivity index (χ0v) is 14.9. The van der Waals surface area contributed by atoms with Gasteiger partial charge < -0.3 is 14.8 Å². The van der Waals surface area contributed by atoms with Gasteiger partial charge in [-0.1, -0.05) is 6.07 Å².